The van der Waals surface area contributed by atoms with Crippen molar-refractivity contribution in [3.05, 3.63) is 15.6 Å². The summed E-state index contributed by atoms with van der Waals surface area (Å²) in [5.41, 5.74) is 1.20. The molecule has 3 unspecified atom stereocenters. The van der Waals surface area contributed by atoms with Gasteiger partial charge in [0.05, 0.1) is 10.7 Å². The summed E-state index contributed by atoms with van der Waals surface area (Å²) in [6.45, 7) is 8.76. The number of aryl methyl sites for hydroxylation is 2. The highest BCUT2D eigenvalue weighted by Gasteiger charge is 2.26. The molecule has 0 bridgehead atoms. The first-order valence-electron chi connectivity index (χ1n) is 6.91. The van der Waals surface area contributed by atoms with Crippen molar-refractivity contribution in [2.75, 3.05) is 5.75 Å². The second-order valence-electron chi connectivity index (χ2n) is 5.16. The molecule has 18 heavy (non-hydrogen) atoms. The van der Waals surface area contributed by atoms with E-state index in [1.807, 2.05) is 11.3 Å². The van der Waals surface area contributed by atoms with E-state index in [0.29, 0.717) is 12.1 Å². The molecule has 2 rings (SSSR count). The Balaban J connectivity index is 1.88. The van der Waals surface area contributed by atoms with Crippen LogP contribution in [0.25, 0.3) is 0 Å². The monoisotopic (exact) mass is 284 g/mol. The summed E-state index contributed by atoms with van der Waals surface area (Å²) in [4.78, 5) is 5.94. The maximum absolute atomic E-state index is 4.53. The number of nitrogens with one attached hydrogen (secondary N) is 1. The normalized spacial score (nSPS) is 25.6. The SMILES string of the molecule is CCSC1CCC(NC(C)c2sc(C)nc2C)C1. The van der Waals surface area contributed by atoms with Crippen LogP contribution < -0.4 is 5.32 Å². The lowest BCUT2D eigenvalue weighted by molar-refractivity contribution is 0.465. The van der Waals surface area contributed by atoms with Gasteiger partial charge in [-0.2, -0.15) is 11.8 Å². The zero-order valence-corrected chi connectivity index (χ0v) is 13.5. The van der Waals surface area contributed by atoms with Gasteiger partial charge in [0.1, 0.15) is 0 Å². The van der Waals surface area contributed by atoms with Gasteiger partial charge in [-0.15, -0.1) is 11.3 Å². The van der Waals surface area contributed by atoms with Gasteiger partial charge in [-0.05, 0) is 45.8 Å². The Bertz CT molecular complexity index is 389. The van der Waals surface area contributed by atoms with Crippen LogP contribution in [0.1, 0.15) is 54.7 Å². The van der Waals surface area contributed by atoms with Gasteiger partial charge in [0, 0.05) is 22.2 Å². The van der Waals surface area contributed by atoms with E-state index in [2.05, 4.69) is 49.8 Å². The number of rotatable bonds is 5. The summed E-state index contributed by atoms with van der Waals surface area (Å²) < 4.78 is 0. The molecule has 0 saturated heterocycles. The molecule has 1 aliphatic rings. The first kappa shape index (κ1) is 14.4. The first-order chi connectivity index (χ1) is 8.60. The van der Waals surface area contributed by atoms with E-state index in [1.165, 1.54) is 40.6 Å². The Morgan fingerprint density at radius 3 is 2.83 bits per heavy atom. The minimum Gasteiger partial charge on any atom is -0.307 e. The van der Waals surface area contributed by atoms with Crippen molar-refractivity contribution in [3.63, 3.8) is 0 Å². The van der Waals surface area contributed by atoms with Crippen LogP contribution in [0.2, 0.25) is 0 Å². The van der Waals surface area contributed by atoms with Gasteiger partial charge in [0.2, 0.25) is 0 Å². The topological polar surface area (TPSA) is 24.9 Å². The molecular formula is C14H24N2S2. The van der Waals surface area contributed by atoms with Crippen molar-refractivity contribution in [2.24, 2.45) is 0 Å². The molecule has 4 heteroatoms. The smallest absolute Gasteiger partial charge is 0.0900 e. The summed E-state index contributed by atoms with van der Waals surface area (Å²) in [5.74, 6) is 1.25. The van der Waals surface area contributed by atoms with Crippen molar-refractivity contribution < 1.29 is 0 Å². The van der Waals surface area contributed by atoms with E-state index in [4.69, 9.17) is 0 Å². The second-order valence-corrected chi connectivity index (χ2v) is 7.97. The highest BCUT2D eigenvalue weighted by atomic mass is 32.2. The molecule has 1 fully saturated rings. The third kappa shape index (κ3) is 3.49. The van der Waals surface area contributed by atoms with E-state index < -0.39 is 0 Å². The Kier molecular flexibility index (Phi) is 5.10. The lowest BCUT2D eigenvalue weighted by atomic mass is 10.2. The van der Waals surface area contributed by atoms with E-state index >= 15 is 0 Å². The van der Waals surface area contributed by atoms with Crippen LogP contribution in [-0.2, 0) is 0 Å². The van der Waals surface area contributed by atoms with Crippen molar-refractivity contribution in [3.8, 4) is 0 Å². The molecule has 1 aromatic heterocycles. The highest BCUT2D eigenvalue weighted by molar-refractivity contribution is 7.99. The quantitative estimate of drug-likeness (QED) is 0.881. The van der Waals surface area contributed by atoms with Crippen LogP contribution in [0.4, 0.5) is 0 Å². The standard InChI is InChI=1S/C14H24N2S2/c1-5-17-13-7-6-12(8-13)16-10(3)14-9(2)15-11(4)18-14/h10,12-13,16H,5-8H2,1-4H3. The minimum absolute atomic E-state index is 0.451. The van der Waals surface area contributed by atoms with Gasteiger partial charge in [0.25, 0.3) is 0 Å². The third-order valence-corrected chi connectivity index (χ3v) is 6.09. The molecule has 0 aromatic carbocycles. The van der Waals surface area contributed by atoms with Crippen molar-refractivity contribution in [1.82, 2.24) is 10.3 Å². The third-order valence-electron chi connectivity index (χ3n) is 3.61. The van der Waals surface area contributed by atoms with E-state index in [0.717, 1.165) is 5.25 Å². The molecule has 1 N–H and O–H groups in total. The first-order valence-corrected chi connectivity index (χ1v) is 8.78. The fourth-order valence-corrected chi connectivity index (χ4v) is 4.94. The van der Waals surface area contributed by atoms with E-state index in [-0.39, 0.29) is 0 Å². The van der Waals surface area contributed by atoms with Gasteiger partial charge in [-0.1, -0.05) is 6.92 Å². The zero-order chi connectivity index (χ0) is 13.1. The molecule has 3 atom stereocenters. The molecule has 102 valence electrons. The zero-order valence-electron chi connectivity index (χ0n) is 11.8. The summed E-state index contributed by atoms with van der Waals surface area (Å²) in [6.07, 6.45) is 4.04. The van der Waals surface area contributed by atoms with E-state index in [9.17, 15) is 0 Å². The maximum atomic E-state index is 4.53. The number of thioether (sulfide) groups is 1. The average Bonchev–Trinajstić information content (AvgIpc) is 2.86. The number of thiazole rings is 1. The fraction of sp³-hybridized carbons (Fsp3) is 0.786. The molecule has 0 radical (unpaired) electrons. The Morgan fingerprint density at radius 1 is 1.44 bits per heavy atom. The van der Waals surface area contributed by atoms with Crippen LogP contribution in [0.5, 0.6) is 0 Å². The Labute approximate surface area is 119 Å². The van der Waals surface area contributed by atoms with Gasteiger partial charge < -0.3 is 5.32 Å². The largest absolute Gasteiger partial charge is 0.307 e. The van der Waals surface area contributed by atoms with Crippen LogP contribution in [0.3, 0.4) is 0 Å². The maximum Gasteiger partial charge on any atom is 0.0900 e. The van der Waals surface area contributed by atoms with Gasteiger partial charge in [-0.25, -0.2) is 4.98 Å². The van der Waals surface area contributed by atoms with Gasteiger partial charge in [-0.3, -0.25) is 0 Å². The molecule has 1 aliphatic carbocycles. The number of nitrogens with zero attached hydrogens (tertiary/aromatic N) is 1. The predicted molar refractivity (Wildman–Crippen MR) is 82.7 cm³/mol. The number of hydrogen-bond donors (Lipinski definition) is 1. The molecule has 1 aromatic rings. The highest BCUT2D eigenvalue weighted by Crippen LogP contribution is 2.32. The van der Waals surface area contributed by atoms with Crippen LogP contribution in [0.15, 0.2) is 0 Å². The lowest BCUT2D eigenvalue weighted by Gasteiger charge is -2.19. The van der Waals surface area contributed by atoms with Crippen molar-refractivity contribution >= 4 is 23.1 Å². The molecule has 1 heterocycles. The van der Waals surface area contributed by atoms with E-state index in [1.54, 1.807) is 0 Å². The van der Waals surface area contributed by atoms with Crippen LogP contribution in [-0.4, -0.2) is 22.0 Å². The molecule has 0 aliphatic heterocycles. The summed E-state index contributed by atoms with van der Waals surface area (Å²) >= 11 is 3.96. The fourth-order valence-electron chi connectivity index (χ4n) is 2.86. The molecule has 1 saturated carbocycles. The summed E-state index contributed by atoms with van der Waals surface area (Å²) in [5, 5.41) is 5.86. The number of aromatic nitrogens is 1. The summed E-state index contributed by atoms with van der Waals surface area (Å²) in [7, 11) is 0. The molecular weight excluding hydrogens is 260 g/mol. The number of hydrogen-bond acceptors (Lipinski definition) is 4. The molecule has 0 spiro atoms. The average molecular weight is 284 g/mol. The molecule has 0 amide bonds. The lowest BCUT2D eigenvalue weighted by Crippen LogP contribution is -2.29. The second kappa shape index (κ2) is 6.40. The summed E-state index contributed by atoms with van der Waals surface area (Å²) in [6, 6.07) is 1.15. The van der Waals surface area contributed by atoms with Crippen LogP contribution in [0, 0.1) is 13.8 Å². The predicted octanol–water partition coefficient (Wildman–Crippen LogP) is 4.08. The minimum atomic E-state index is 0.451. The van der Waals surface area contributed by atoms with Crippen molar-refractivity contribution in [1.29, 1.82) is 0 Å². The molecule has 2 nitrogen and oxygen atoms in total. The van der Waals surface area contributed by atoms with Gasteiger partial charge >= 0.3 is 0 Å². The van der Waals surface area contributed by atoms with Crippen molar-refractivity contribution in [2.45, 2.75) is 64.3 Å². The Hall–Kier alpha value is -0.0600. The van der Waals surface area contributed by atoms with Crippen LogP contribution >= 0.6 is 23.1 Å². The van der Waals surface area contributed by atoms with Gasteiger partial charge in [0.15, 0.2) is 0 Å². The Morgan fingerprint density at radius 2 is 2.22 bits per heavy atom.